The van der Waals surface area contributed by atoms with Crippen LogP contribution in [0.1, 0.15) is 43.0 Å². The van der Waals surface area contributed by atoms with Gasteiger partial charge in [0.15, 0.2) is 17.5 Å². The minimum absolute atomic E-state index is 0.0257. The Bertz CT molecular complexity index is 1210. The van der Waals surface area contributed by atoms with Gasteiger partial charge in [-0.25, -0.2) is 17.6 Å². The third kappa shape index (κ3) is 6.15. The highest BCUT2D eigenvalue weighted by Crippen LogP contribution is 2.41. The summed E-state index contributed by atoms with van der Waals surface area (Å²) in [4.78, 5) is 6.54. The smallest absolute Gasteiger partial charge is 0.194 e. The largest absolute Gasteiger partial charge is 0.497 e. The van der Waals surface area contributed by atoms with E-state index in [9.17, 15) is 18.3 Å². The Morgan fingerprint density at radius 1 is 1.08 bits per heavy atom. The molecule has 1 aliphatic heterocycles. The molecule has 1 fully saturated rings. The van der Waals surface area contributed by atoms with E-state index in [-0.39, 0.29) is 30.8 Å². The maximum Gasteiger partial charge on any atom is 0.194 e. The Morgan fingerprint density at radius 3 is 2.43 bits per heavy atom. The summed E-state index contributed by atoms with van der Waals surface area (Å²) in [5.74, 6) is -3.52. The molecule has 0 bridgehead atoms. The van der Waals surface area contributed by atoms with E-state index in [1.165, 1.54) is 0 Å². The molecule has 3 aromatic rings. The number of methoxy groups -OCH3 is 1. The van der Waals surface area contributed by atoms with Crippen LogP contribution in [0.4, 0.5) is 17.6 Å². The van der Waals surface area contributed by atoms with Gasteiger partial charge in [-0.1, -0.05) is 0 Å². The molecule has 5 nitrogen and oxygen atoms in total. The number of fused-ring (bicyclic) bond motifs is 1. The Kier molecular flexibility index (Phi) is 8.54. The first kappa shape index (κ1) is 27.1. The molecule has 4 rings (SSSR count). The molecule has 1 aromatic heterocycles. The second kappa shape index (κ2) is 11.6. The number of aryl methyl sites for hydroxylation is 1. The minimum atomic E-state index is -1.52. The molecule has 0 saturated carbocycles. The van der Waals surface area contributed by atoms with Crippen molar-refractivity contribution < 1.29 is 32.1 Å². The lowest BCUT2D eigenvalue weighted by Gasteiger charge is -2.41. The Hall–Kier alpha value is -2.91. The minimum Gasteiger partial charge on any atom is -0.497 e. The fraction of sp³-hybridized carbons (Fsp3) is 0.464. The van der Waals surface area contributed by atoms with Crippen LogP contribution in [0, 0.1) is 29.8 Å². The number of alkyl halides is 1. The highest BCUT2D eigenvalue weighted by atomic mass is 19.2. The van der Waals surface area contributed by atoms with E-state index in [1.54, 1.807) is 19.4 Å². The maximum absolute atomic E-state index is 15.7. The summed E-state index contributed by atoms with van der Waals surface area (Å²) in [5, 5.41) is 10.9. The molecule has 200 valence electrons. The lowest BCUT2D eigenvalue weighted by atomic mass is 9.74. The number of piperidine rings is 1. The van der Waals surface area contributed by atoms with Crippen molar-refractivity contribution in [1.82, 2.24) is 9.88 Å². The van der Waals surface area contributed by atoms with Gasteiger partial charge in [-0.15, -0.1) is 0 Å². The van der Waals surface area contributed by atoms with E-state index in [1.807, 2.05) is 19.1 Å². The first-order valence-electron chi connectivity index (χ1n) is 12.4. The fourth-order valence-electron chi connectivity index (χ4n) is 5.06. The molecule has 1 N–H and O–H groups in total. The SMILES string of the molecule is COc1ccc2ncc(C)c([C@H](F)CCC3(CO)CCN(CCOc4cc(F)c(F)c(F)c4)CC3)c2c1. The molecule has 9 heteroatoms. The van der Waals surface area contributed by atoms with Crippen molar-refractivity contribution in [2.24, 2.45) is 5.41 Å². The van der Waals surface area contributed by atoms with Crippen molar-refractivity contribution in [2.45, 2.75) is 38.8 Å². The summed E-state index contributed by atoms with van der Waals surface area (Å²) in [5.41, 5.74) is 1.73. The Morgan fingerprint density at radius 2 is 1.78 bits per heavy atom. The van der Waals surface area contributed by atoms with Crippen LogP contribution >= 0.6 is 0 Å². The number of aliphatic hydroxyl groups is 1. The van der Waals surface area contributed by atoms with Crippen LogP contribution < -0.4 is 9.47 Å². The standard InChI is InChI=1S/C28H32F4N2O3/c1-18-16-33-25-4-3-19(36-2)13-21(25)26(18)22(29)5-6-28(17-35)7-9-34(10-8-28)11-12-37-20-14-23(30)27(32)24(31)15-20/h3-4,13-16,22,35H,5-12,17H2,1-2H3/t22-/m1/s1. The molecule has 0 aliphatic carbocycles. The average molecular weight is 521 g/mol. The van der Waals surface area contributed by atoms with Crippen molar-refractivity contribution in [3.05, 3.63) is 65.1 Å². The van der Waals surface area contributed by atoms with Crippen LogP contribution in [0.25, 0.3) is 10.9 Å². The number of nitrogens with zero attached hydrogens (tertiary/aromatic N) is 2. The number of hydrogen-bond donors (Lipinski definition) is 1. The van der Waals surface area contributed by atoms with Gasteiger partial charge in [-0.3, -0.25) is 9.88 Å². The van der Waals surface area contributed by atoms with Crippen molar-refractivity contribution in [3.8, 4) is 11.5 Å². The Balaban J connectivity index is 1.32. The number of ether oxygens (including phenoxy) is 2. The summed E-state index contributed by atoms with van der Waals surface area (Å²) in [6.07, 6.45) is 2.69. The Labute approximate surface area is 214 Å². The molecule has 37 heavy (non-hydrogen) atoms. The zero-order valence-corrected chi connectivity index (χ0v) is 21.1. The zero-order valence-electron chi connectivity index (χ0n) is 21.1. The van der Waals surface area contributed by atoms with Crippen LogP contribution in [-0.2, 0) is 0 Å². The highest BCUT2D eigenvalue weighted by Gasteiger charge is 2.35. The van der Waals surface area contributed by atoms with Gasteiger partial charge in [0.2, 0.25) is 0 Å². The van der Waals surface area contributed by atoms with E-state index in [0.717, 1.165) is 23.1 Å². The van der Waals surface area contributed by atoms with Crippen molar-refractivity contribution in [2.75, 3.05) is 40.0 Å². The van der Waals surface area contributed by atoms with Gasteiger partial charge in [0.05, 0.1) is 12.6 Å². The number of hydrogen-bond acceptors (Lipinski definition) is 5. The van der Waals surface area contributed by atoms with Gasteiger partial charge in [0.1, 0.15) is 24.3 Å². The molecule has 2 heterocycles. The van der Waals surface area contributed by atoms with Gasteiger partial charge < -0.3 is 14.6 Å². The quantitative estimate of drug-likeness (QED) is 0.266. The summed E-state index contributed by atoms with van der Waals surface area (Å²) in [6.45, 7) is 3.88. The lowest BCUT2D eigenvalue weighted by Crippen LogP contribution is -2.43. The predicted octanol–water partition coefficient (Wildman–Crippen LogP) is 5.91. The summed E-state index contributed by atoms with van der Waals surface area (Å²) < 4.78 is 66.2. The normalized spacial score (nSPS) is 16.6. The molecule has 0 radical (unpaired) electrons. The van der Waals surface area contributed by atoms with Crippen LogP contribution in [0.15, 0.2) is 36.5 Å². The van der Waals surface area contributed by atoms with E-state index < -0.39 is 23.6 Å². The number of halogens is 4. The van der Waals surface area contributed by atoms with E-state index in [4.69, 9.17) is 9.47 Å². The van der Waals surface area contributed by atoms with E-state index in [2.05, 4.69) is 9.88 Å². The van der Waals surface area contributed by atoms with Gasteiger partial charge in [-0.2, -0.15) is 0 Å². The molecule has 0 amide bonds. The number of rotatable bonds is 10. The van der Waals surface area contributed by atoms with Gasteiger partial charge in [-0.05, 0) is 80.4 Å². The second-order valence-corrected chi connectivity index (χ2v) is 9.79. The molecule has 1 atom stereocenters. The number of benzene rings is 2. The van der Waals surface area contributed by atoms with Gasteiger partial charge >= 0.3 is 0 Å². The van der Waals surface area contributed by atoms with E-state index >= 15 is 4.39 Å². The van der Waals surface area contributed by atoms with Crippen LogP contribution in [0.3, 0.4) is 0 Å². The average Bonchev–Trinajstić information content (AvgIpc) is 2.90. The molecule has 0 unspecified atom stereocenters. The highest BCUT2D eigenvalue weighted by molar-refractivity contribution is 5.84. The summed E-state index contributed by atoms with van der Waals surface area (Å²) >= 11 is 0. The predicted molar refractivity (Wildman–Crippen MR) is 133 cm³/mol. The molecule has 2 aromatic carbocycles. The number of aliphatic hydroxyl groups excluding tert-OH is 1. The molecule has 1 saturated heterocycles. The first-order chi connectivity index (χ1) is 17.7. The first-order valence-corrected chi connectivity index (χ1v) is 12.4. The van der Waals surface area contributed by atoms with E-state index in [0.29, 0.717) is 55.7 Å². The molecular weight excluding hydrogens is 488 g/mol. The number of likely N-dealkylation sites (tertiary alicyclic amines) is 1. The number of aromatic nitrogens is 1. The molecular formula is C28H32F4N2O3. The second-order valence-electron chi connectivity index (χ2n) is 9.79. The number of pyridine rings is 1. The van der Waals surface area contributed by atoms with Crippen LogP contribution in [-0.4, -0.2) is 54.9 Å². The molecule has 0 spiro atoms. The van der Waals surface area contributed by atoms with Crippen LogP contribution in [0.5, 0.6) is 11.5 Å². The van der Waals surface area contributed by atoms with Crippen molar-refractivity contribution in [3.63, 3.8) is 0 Å². The third-order valence-corrected chi connectivity index (χ3v) is 7.44. The summed E-state index contributed by atoms with van der Waals surface area (Å²) in [7, 11) is 1.57. The van der Waals surface area contributed by atoms with Crippen LogP contribution in [0.2, 0.25) is 0 Å². The van der Waals surface area contributed by atoms with Crippen molar-refractivity contribution in [1.29, 1.82) is 0 Å². The fourth-order valence-corrected chi connectivity index (χ4v) is 5.06. The maximum atomic E-state index is 15.7. The zero-order chi connectivity index (χ0) is 26.6. The summed E-state index contributed by atoms with van der Waals surface area (Å²) in [6, 6.07) is 7.08. The monoisotopic (exact) mass is 520 g/mol. The van der Waals surface area contributed by atoms with Crippen molar-refractivity contribution >= 4 is 10.9 Å². The third-order valence-electron chi connectivity index (χ3n) is 7.44. The topological polar surface area (TPSA) is 54.8 Å². The van der Waals surface area contributed by atoms with Gasteiger partial charge in [0, 0.05) is 36.9 Å². The lowest BCUT2D eigenvalue weighted by molar-refractivity contribution is 0.0265. The molecule has 1 aliphatic rings. The van der Waals surface area contributed by atoms with Gasteiger partial charge in [0.25, 0.3) is 0 Å².